The van der Waals surface area contributed by atoms with E-state index in [1.807, 2.05) is 0 Å². The minimum Gasteiger partial charge on any atom is -0.493 e. The molecule has 0 saturated carbocycles. The Labute approximate surface area is 98.0 Å². The molecule has 2 rings (SSSR count). The summed E-state index contributed by atoms with van der Waals surface area (Å²) >= 11 is 0. The monoisotopic (exact) mass is 219 g/mol. The number of fused-ring (bicyclic) bond motifs is 1. The Kier molecular flexibility index (Phi) is 3.83. The van der Waals surface area contributed by atoms with Gasteiger partial charge in [0.15, 0.2) is 0 Å². The molecule has 1 aromatic carbocycles. The first-order valence-corrected chi connectivity index (χ1v) is 6.24. The molecule has 0 aromatic heterocycles. The summed E-state index contributed by atoms with van der Waals surface area (Å²) in [5, 5.41) is 3.39. The van der Waals surface area contributed by atoms with E-state index in [9.17, 15) is 0 Å². The summed E-state index contributed by atoms with van der Waals surface area (Å²) in [5.41, 5.74) is 1.39. The molecule has 1 aliphatic rings. The van der Waals surface area contributed by atoms with Crippen LogP contribution in [-0.4, -0.2) is 19.7 Å². The molecule has 2 nitrogen and oxygen atoms in total. The molecule has 0 radical (unpaired) electrons. The molecular weight excluding hydrogens is 198 g/mol. The fourth-order valence-electron chi connectivity index (χ4n) is 2.49. The number of hydrogen-bond donors (Lipinski definition) is 1. The predicted molar refractivity (Wildman–Crippen MR) is 67.1 cm³/mol. The van der Waals surface area contributed by atoms with Crippen LogP contribution < -0.4 is 10.1 Å². The Hall–Kier alpha value is -1.02. The summed E-state index contributed by atoms with van der Waals surface area (Å²) < 4.78 is 5.68. The third-order valence-corrected chi connectivity index (χ3v) is 3.55. The second-order valence-electron chi connectivity index (χ2n) is 4.50. The number of hydrogen-bond acceptors (Lipinski definition) is 2. The highest BCUT2D eigenvalue weighted by atomic mass is 16.5. The van der Waals surface area contributed by atoms with Crippen molar-refractivity contribution in [1.82, 2.24) is 5.32 Å². The molecule has 0 aliphatic carbocycles. The van der Waals surface area contributed by atoms with Crippen LogP contribution in [0.2, 0.25) is 0 Å². The molecule has 2 unspecified atom stereocenters. The first kappa shape index (κ1) is 11.5. The summed E-state index contributed by atoms with van der Waals surface area (Å²) in [7, 11) is 2.05. The summed E-state index contributed by atoms with van der Waals surface area (Å²) in [5.74, 6) is 1.74. The van der Waals surface area contributed by atoms with Crippen LogP contribution in [0.1, 0.15) is 37.7 Å². The van der Waals surface area contributed by atoms with E-state index in [1.54, 1.807) is 0 Å². The Morgan fingerprint density at radius 1 is 1.44 bits per heavy atom. The van der Waals surface area contributed by atoms with Gasteiger partial charge in [-0.15, -0.1) is 0 Å². The van der Waals surface area contributed by atoms with Gasteiger partial charge in [-0.1, -0.05) is 25.1 Å². The van der Waals surface area contributed by atoms with Crippen molar-refractivity contribution in [1.29, 1.82) is 0 Å². The van der Waals surface area contributed by atoms with Gasteiger partial charge in [0, 0.05) is 6.04 Å². The van der Waals surface area contributed by atoms with E-state index in [4.69, 9.17) is 4.74 Å². The largest absolute Gasteiger partial charge is 0.493 e. The zero-order chi connectivity index (χ0) is 11.4. The van der Waals surface area contributed by atoms with Gasteiger partial charge in [-0.2, -0.15) is 0 Å². The molecular formula is C14H21NO. The van der Waals surface area contributed by atoms with Crippen molar-refractivity contribution < 1.29 is 4.74 Å². The molecule has 0 saturated heterocycles. The number of benzene rings is 1. The van der Waals surface area contributed by atoms with Crippen molar-refractivity contribution in [3.8, 4) is 5.75 Å². The van der Waals surface area contributed by atoms with Crippen LogP contribution in [0.15, 0.2) is 24.3 Å². The molecule has 0 amide bonds. The molecule has 1 heterocycles. The zero-order valence-electron chi connectivity index (χ0n) is 10.2. The summed E-state index contributed by atoms with van der Waals surface area (Å²) in [4.78, 5) is 0. The van der Waals surface area contributed by atoms with Crippen molar-refractivity contribution in [2.45, 2.75) is 38.1 Å². The van der Waals surface area contributed by atoms with Crippen LogP contribution in [0.25, 0.3) is 0 Å². The van der Waals surface area contributed by atoms with Gasteiger partial charge >= 0.3 is 0 Å². The molecule has 0 bridgehead atoms. The van der Waals surface area contributed by atoms with E-state index in [-0.39, 0.29) is 0 Å². The van der Waals surface area contributed by atoms with E-state index < -0.39 is 0 Å². The second kappa shape index (κ2) is 5.35. The average Bonchev–Trinajstić information content (AvgIpc) is 2.36. The minimum absolute atomic E-state index is 0.621. The minimum atomic E-state index is 0.621. The van der Waals surface area contributed by atoms with E-state index in [0.29, 0.717) is 12.0 Å². The Morgan fingerprint density at radius 2 is 2.25 bits per heavy atom. The summed E-state index contributed by atoms with van der Waals surface area (Å²) in [6, 6.07) is 9.08. The maximum atomic E-state index is 5.68. The Bertz CT molecular complexity index is 333. The molecule has 2 heteroatoms. The number of rotatable bonds is 4. The average molecular weight is 219 g/mol. The first-order chi connectivity index (χ1) is 7.85. The summed E-state index contributed by atoms with van der Waals surface area (Å²) in [6.45, 7) is 3.11. The van der Waals surface area contributed by atoms with Gasteiger partial charge in [-0.25, -0.2) is 0 Å². The van der Waals surface area contributed by atoms with Crippen LogP contribution in [0.4, 0.5) is 0 Å². The smallest absolute Gasteiger partial charge is 0.122 e. The van der Waals surface area contributed by atoms with Crippen LogP contribution in [-0.2, 0) is 0 Å². The van der Waals surface area contributed by atoms with Crippen LogP contribution in [0, 0.1) is 0 Å². The lowest BCUT2D eigenvalue weighted by Crippen LogP contribution is -2.28. The Balaban J connectivity index is 2.12. The molecule has 1 N–H and O–H groups in total. The molecule has 0 spiro atoms. The lowest BCUT2D eigenvalue weighted by Gasteiger charge is -2.28. The highest BCUT2D eigenvalue weighted by molar-refractivity contribution is 5.37. The molecule has 0 fully saturated rings. The number of ether oxygens (including phenoxy) is 1. The van der Waals surface area contributed by atoms with E-state index in [0.717, 1.165) is 18.8 Å². The third kappa shape index (κ3) is 2.38. The lowest BCUT2D eigenvalue weighted by atomic mass is 9.87. The highest BCUT2D eigenvalue weighted by Gasteiger charge is 2.22. The Morgan fingerprint density at radius 3 is 3.00 bits per heavy atom. The normalized spacial score (nSPS) is 21.0. The fraction of sp³-hybridized carbons (Fsp3) is 0.571. The second-order valence-corrected chi connectivity index (χ2v) is 4.50. The van der Waals surface area contributed by atoms with Crippen LogP contribution in [0.3, 0.4) is 0 Å². The van der Waals surface area contributed by atoms with Crippen molar-refractivity contribution in [2.75, 3.05) is 13.7 Å². The predicted octanol–water partition coefficient (Wildman–Crippen LogP) is 2.94. The standard InChI is InChI=1S/C14H21NO/c1-3-12(15-2)10-11-8-9-16-14-7-5-4-6-13(11)14/h4-7,11-12,15H,3,8-10H2,1-2H3. The molecule has 1 aliphatic heterocycles. The van der Waals surface area contributed by atoms with Gasteiger partial charge in [-0.05, 0) is 43.9 Å². The fourth-order valence-corrected chi connectivity index (χ4v) is 2.49. The number of para-hydroxylation sites is 1. The SMILES string of the molecule is CCC(CC1CCOc2ccccc21)NC. The van der Waals surface area contributed by atoms with Crippen LogP contribution in [0.5, 0.6) is 5.75 Å². The van der Waals surface area contributed by atoms with Gasteiger partial charge in [0.2, 0.25) is 0 Å². The maximum absolute atomic E-state index is 5.68. The molecule has 1 aromatic rings. The van der Waals surface area contributed by atoms with Crippen molar-refractivity contribution in [3.63, 3.8) is 0 Å². The van der Waals surface area contributed by atoms with Gasteiger partial charge in [0.05, 0.1) is 6.61 Å². The van der Waals surface area contributed by atoms with Crippen molar-refractivity contribution >= 4 is 0 Å². The third-order valence-electron chi connectivity index (χ3n) is 3.55. The zero-order valence-corrected chi connectivity index (χ0v) is 10.2. The van der Waals surface area contributed by atoms with Gasteiger partial charge < -0.3 is 10.1 Å². The lowest BCUT2D eigenvalue weighted by molar-refractivity contribution is 0.255. The summed E-state index contributed by atoms with van der Waals surface area (Å²) in [6.07, 6.45) is 3.55. The van der Waals surface area contributed by atoms with Gasteiger partial charge in [0.25, 0.3) is 0 Å². The number of nitrogens with one attached hydrogen (secondary N) is 1. The molecule has 16 heavy (non-hydrogen) atoms. The van der Waals surface area contributed by atoms with Gasteiger partial charge in [0.1, 0.15) is 5.75 Å². The topological polar surface area (TPSA) is 21.3 Å². The molecule has 2 atom stereocenters. The maximum Gasteiger partial charge on any atom is 0.122 e. The van der Waals surface area contributed by atoms with Gasteiger partial charge in [-0.3, -0.25) is 0 Å². The van der Waals surface area contributed by atoms with E-state index in [2.05, 4.69) is 43.6 Å². The quantitative estimate of drug-likeness (QED) is 0.840. The van der Waals surface area contributed by atoms with E-state index in [1.165, 1.54) is 18.4 Å². The van der Waals surface area contributed by atoms with Crippen LogP contribution >= 0.6 is 0 Å². The van der Waals surface area contributed by atoms with Crippen molar-refractivity contribution in [2.24, 2.45) is 0 Å². The first-order valence-electron chi connectivity index (χ1n) is 6.24. The molecule has 88 valence electrons. The van der Waals surface area contributed by atoms with E-state index >= 15 is 0 Å². The van der Waals surface area contributed by atoms with Crippen molar-refractivity contribution in [3.05, 3.63) is 29.8 Å². The highest BCUT2D eigenvalue weighted by Crippen LogP contribution is 2.36.